The van der Waals surface area contributed by atoms with E-state index in [0.717, 1.165) is 44.4 Å². The van der Waals surface area contributed by atoms with Crippen LogP contribution in [0.15, 0.2) is 29.3 Å². The number of rotatable bonds is 10. The fourth-order valence-electron chi connectivity index (χ4n) is 3.28. The van der Waals surface area contributed by atoms with E-state index in [1.165, 1.54) is 31.2 Å². The zero-order valence-corrected chi connectivity index (χ0v) is 17.0. The van der Waals surface area contributed by atoms with Gasteiger partial charge in [-0.15, -0.1) is 0 Å². The molecule has 0 bridgehead atoms. The van der Waals surface area contributed by atoms with Crippen LogP contribution in [0.4, 0.5) is 0 Å². The highest BCUT2D eigenvalue weighted by Gasteiger charge is 2.34. The Labute approximate surface area is 159 Å². The molecular formula is C21H36N4O. The molecule has 0 unspecified atom stereocenters. The van der Waals surface area contributed by atoms with Crippen LogP contribution in [-0.4, -0.2) is 51.7 Å². The number of aliphatic imine (C=N–C) groups is 1. The fraction of sp³-hybridized carbons (Fsp3) is 0.667. The molecule has 1 aliphatic rings. The highest BCUT2D eigenvalue weighted by molar-refractivity contribution is 5.79. The highest BCUT2D eigenvalue weighted by Crippen LogP contribution is 2.42. The predicted molar refractivity (Wildman–Crippen MR) is 110 cm³/mol. The summed E-state index contributed by atoms with van der Waals surface area (Å²) < 4.78 is 5.78. The quantitative estimate of drug-likeness (QED) is 0.382. The van der Waals surface area contributed by atoms with Crippen molar-refractivity contribution in [2.45, 2.75) is 45.6 Å². The lowest BCUT2D eigenvalue weighted by molar-refractivity contribution is 0.131. The average molecular weight is 361 g/mol. The number of ether oxygens (including phenoxy) is 1. The van der Waals surface area contributed by atoms with Crippen molar-refractivity contribution in [3.8, 4) is 5.75 Å². The van der Waals surface area contributed by atoms with E-state index in [9.17, 15) is 0 Å². The molecule has 0 atom stereocenters. The molecule has 26 heavy (non-hydrogen) atoms. The predicted octanol–water partition coefficient (Wildman–Crippen LogP) is 3.26. The maximum absolute atomic E-state index is 5.78. The third-order valence-electron chi connectivity index (χ3n) is 5.42. The minimum Gasteiger partial charge on any atom is -0.494 e. The van der Waals surface area contributed by atoms with E-state index in [4.69, 9.17) is 4.74 Å². The molecule has 1 aliphatic carbocycles. The van der Waals surface area contributed by atoms with E-state index in [1.807, 2.05) is 19.2 Å². The van der Waals surface area contributed by atoms with E-state index >= 15 is 0 Å². The van der Waals surface area contributed by atoms with Gasteiger partial charge in [-0.05, 0) is 62.9 Å². The van der Waals surface area contributed by atoms with Crippen LogP contribution in [0.1, 0.15) is 44.6 Å². The lowest BCUT2D eigenvalue weighted by atomic mass is 9.67. The SMILES string of the molecule is CCC1(CNC(=NC)NCc2ccc(OCCCN(C)C)cc2)CCC1. The largest absolute Gasteiger partial charge is 0.494 e. The van der Waals surface area contributed by atoms with Gasteiger partial charge in [0.2, 0.25) is 0 Å². The van der Waals surface area contributed by atoms with Crippen molar-refractivity contribution in [1.82, 2.24) is 15.5 Å². The van der Waals surface area contributed by atoms with Crippen molar-refractivity contribution in [3.63, 3.8) is 0 Å². The summed E-state index contributed by atoms with van der Waals surface area (Å²) in [4.78, 5) is 6.52. The first-order chi connectivity index (χ1) is 12.6. The second-order valence-corrected chi connectivity index (χ2v) is 7.64. The standard InChI is InChI=1S/C21H36N4O/c1-5-21(12-6-13-21)17-24-20(22-2)23-16-18-8-10-19(11-9-18)26-15-7-14-25(3)4/h8-11H,5-7,12-17H2,1-4H3,(H2,22,23,24). The van der Waals surface area contributed by atoms with Crippen molar-refractivity contribution >= 4 is 5.96 Å². The Morgan fingerprint density at radius 1 is 1.19 bits per heavy atom. The lowest BCUT2D eigenvalue weighted by Crippen LogP contribution is -2.46. The van der Waals surface area contributed by atoms with Gasteiger partial charge in [-0.1, -0.05) is 25.5 Å². The van der Waals surface area contributed by atoms with Gasteiger partial charge in [0.25, 0.3) is 0 Å². The maximum atomic E-state index is 5.78. The van der Waals surface area contributed by atoms with Crippen LogP contribution in [0.2, 0.25) is 0 Å². The molecule has 1 saturated carbocycles. The Kier molecular flexibility index (Phi) is 8.23. The first kappa shape index (κ1) is 20.6. The number of guanidine groups is 1. The van der Waals surface area contributed by atoms with Crippen molar-refractivity contribution in [1.29, 1.82) is 0 Å². The molecule has 0 amide bonds. The molecule has 0 radical (unpaired) electrons. The van der Waals surface area contributed by atoms with Crippen LogP contribution in [-0.2, 0) is 6.54 Å². The summed E-state index contributed by atoms with van der Waals surface area (Å²) in [7, 11) is 6.00. The van der Waals surface area contributed by atoms with Crippen LogP contribution in [0.25, 0.3) is 0 Å². The van der Waals surface area contributed by atoms with Gasteiger partial charge < -0.3 is 20.3 Å². The Bertz CT molecular complexity index is 544. The maximum Gasteiger partial charge on any atom is 0.191 e. The van der Waals surface area contributed by atoms with Crippen LogP contribution in [0.3, 0.4) is 0 Å². The van der Waals surface area contributed by atoms with Gasteiger partial charge in [0.05, 0.1) is 6.61 Å². The Morgan fingerprint density at radius 2 is 1.92 bits per heavy atom. The van der Waals surface area contributed by atoms with Gasteiger partial charge >= 0.3 is 0 Å². The smallest absolute Gasteiger partial charge is 0.191 e. The second kappa shape index (κ2) is 10.4. The lowest BCUT2D eigenvalue weighted by Gasteiger charge is -2.41. The molecule has 0 aromatic heterocycles. The molecule has 146 valence electrons. The van der Waals surface area contributed by atoms with Crippen molar-refractivity contribution in [2.75, 3.05) is 40.8 Å². The zero-order valence-electron chi connectivity index (χ0n) is 17.0. The van der Waals surface area contributed by atoms with Gasteiger partial charge in [-0.25, -0.2) is 0 Å². The topological polar surface area (TPSA) is 48.9 Å². The van der Waals surface area contributed by atoms with E-state index in [1.54, 1.807) is 0 Å². The van der Waals surface area contributed by atoms with E-state index in [0.29, 0.717) is 5.41 Å². The van der Waals surface area contributed by atoms with E-state index < -0.39 is 0 Å². The fourth-order valence-corrected chi connectivity index (χ4v) is 3.28. The van der Waals surface area contributed by atoms with Gasteiger partial charge in [0.1, 0.15) is 5.75 Å². The molecule has 1 aromatic rings. The molecule has 0 aliphatic heterocycles. The first-order valence-corrected chi connectivity index (χ1v) is 9.88. The summed E-state index contributed by atoms with van der Waals surface area (Å²) in [6.07, 6.45) is 6.32. The molecule has 1 aromatic carbocycles. The summed E-state index contributed by atoms with van der Waals surface area (Å²) in [5, 5.41) is 6.91. The van der Waals surface area contributed by atoms with E-state index in [-0.39, 0.29) is 0 Å². The van der Waals surface area contributed by atoms with E-state index in [2.05, 4.69) is 53.7 Å². The van der Waals surface area contributed by atoms with Crippen LogP contribution >= 0.6 is 0 Å². The van der Waals surface area contributed by atoms with Gasteiger partial charge in [0.15, 0.2) is 5.96 Å². The molecule has 1 fully saturated rings. The molecule has 2 N–H and O–H groups in total. The molecule has 0 heterocycles. The van der Waals surface area contributed by atoms with Crippen molar-refractivity contribution in [2.24, 2.45) is 10.4 Å². The third kappa shape index (κ3) is 6.52. The summed E-state index contributed by atoms with van der Waals surface area (Å²) in [6, 6.07) is 8.31. The summed E-state index contributed by atoms with van der Waals surface area (Å²) in [6.45, 7) is 5.88. The number of nitrogens with one attached hydrogen (secondary N) is 2. The molecule has 5 heteroatoms. The number of hydrogen-bond donors (Lipinski definition) is 2. The van der Waals surface area contributed by atoms with Gasteiger partial charge in [0, 0.05) is 26.7 Å². The van der Waals surface area contributed by atoms with Crippen LogP contribution < -0.4 is 15.4 Å². The molecular weight excluding hydrogens is 324 g/mol. The normalized spacial score (nSPS) is 16.3. The Hall–Kier alpha value is -1.75. The summed E-state index contributed by atoms with van der Waals surface area (Å²) in [5.41, 5.74) is 1.71. The summed E-state index contributed by atoms with van der Waals surface area (Å²) in [5.74, 6) is 1.82. The second-order valence-electron chi connectivity index (χ2n) is 7.64. The first-order valence-electron chi connectivity index (χ1n) is 9.88. The third-order valence-corrected chi connectivity index (χ3v) is 5.42. The monoisotopic (exact) mass is 360 g/mol. The van der Waals surface area contributed by atoms with Gasteiger partial charge in [-0.2, -0.15) is 0 Å². The number of nitrogens with zero attached hydrogens (tertiary/aromatic N) is 2. The molecule has 0 saturated heterocycles. The minimum absolute atomic E-state index is 0.489. The zero-order chi connectivity index (χ0) is 18.8. The summed E-state index contributed by atoms with van der Waals surface area (Å²) >= 11 is 0. The molecule has 2 rings (SSSR count). The Morgan fingerprint density at radius 3 is 2.46 bits per heavy atom. The van der Waals surface area contributed by atoms with Crippen LogP contribution in [0, 0.1) is 5.41 Å². The molecule has 0 spiro atoms. The van der Waals surface area contributed by atoms with Crippen LogP contribution in [0.5, 0.6) is 5.75 Å². The number of benzene rings is 1. The van der Waals surface area contributed by atoms with Crippen molar-refractivity contribution < 1.29 is 4.74 Å². The van der Waals surface area contributed by atoms with Crippen molar-refractivity contribution in [3.05, 3.63) is 29.8 Å². The highest BCUT2D eigenvalue weighted by atomic mass is 16.5. The van der Waals surface area contributed by atoms with Gasteiger partial charge in [-0.3, -0.25) is 4.99 Å². The molecule has 5 nitrogen and oxygen atoms in total. The Balaban J connectivity index is 1.70. The number of hydrogen-bond acceptors (Lipinski definition) is 3. The minimum atomic E-state index is 0.489. The average Bonchev–Trinajstić information content (AvgIpc) is 2.61.